The maximum atomic E-state index is 5.71. The summed E-state index contributed by atoms with van der Waals surface area (Å²) in [4.78, 5) is 0. The van der Waals surface area contributed by atoms with Gasteiger partial charge in [0.15, 0.2) is 5.00 Å². The molecule has 0 aliphatic carbocycles. The van der Waals surface area contributed by atoms with E-state index in [1.807, 2.05) is 26.0 Å². The summed E-state index contributed by atoms with van der Waals surface area (Å²) in [6.45, 7) is 4.40. The van der Waals surface area contributed by atoms with Crippen LogP contribution in [0.3, 0.4) is 0 Å². The number of aromatic nitrogens is 2. The summed E-state index contributed by atoms with van der Waals surface area (Å²) in [5.41, 5.74) is 5.54. The van der Waals surface area contributed by atoms with Crippen molar-refractivity contribution in [1.82, 2.24) is 9.59 Å². The van der Waals surface area contributed by atoms with Gasteiger partial charge in [0.05, 0.1) is 0 Å². The molecule has 0 amide bonds. The van der Waals surface area contributed by atoms with Crippen molar-refractivity contribution in [2.75, 3.05) is 5.43 Å². The van der Waals surface area contributed by atoms with Gasteiger partial charge < -0.3 is 10.2 Å². The molecule has 17 heavy (non-hydrogen) atoms. The number of nitrogens with two attached hydrogens (primary N) is 1. The van der Waals surface area contributed by atoms with Crippen molar-refractivity contribution in [2.45, 2.75) is 20.5 Å². The molecule has 1 heterocycles. The van der Waals surface area contributed by atoms with Gasteiger partial charge >= 0.3 is 0 Å². The van der Waals surface area contributed by atoms with Crippen LogP contribution in [0.2, 0.25) is 0 Å². The third kappa shape index (κ3) is 2.72. The average Bonchev–Trinajstić information content (AvgIpc) is 2.77. The summed E-state index contributed by atoms with van der Waals surface area (Å²) in [6, 6.07) is 6.09. The van der Waals surface area contributed by atoms with E-state index in [0.29, 0.717) is 6.61 Å². The summed E-state index contributed by atoms with van der Waals surface area (Å²) < 4.78 is 9.53. The summed E-state index contributed by atoms with van der Waals surface area (Å²) in [7, 11) is 0. The lowest BCUT2D eigenvalue weighted by Crippen LogP contribution is -2.08. The Morgan fingerprint density at radius 1 is 1.41 bits per heavy atom. The number of aryl methyl sites for hydroxylation is 2. The average molecular weight is 250 g/mol. The fraction of sp³-hybridized carbons (Fsp3) is 0.273. The van der Waals surface area contributed by atoms with Gasteiger partial charge in [0.25, 0.3) is 0 Å². The van der Waals surface area contributed by atoms with E-state index in [0.717, 1.165) is 22.0 Å². The maximum absolute atomic E-state index is 5.71. The van der Waals surface area contributed by atoms with E-state index in [1.54, 1.807) is 0 Å². The molecule has 0 saturated heterocycles. The molecular formula is C11H14N4OS. The van der Waals surface area contributed by atoms with Crippen LogP contribution in [0.15, 0.2) is 18.2 Å². The van der Waals surface area contributed by atoms with Crippen molar-refractivity contribution < 1.29 is 4.74 Å². The van der Waals surface area contributed by atoms with Crippen LogP contribution < -0.4 is 16.0 Å². The van der Waals surface area contributed by atoms with Crippen LogP contribution in [-0.4, -0.2) is 9.59 Å². The first kappa shape index (κ1) is 11.8. The van der Waals surface area contributed by atoms with Crippen molar-refractivity contribution in [3.05, 3.63) is 35.0 Å². The van der Waals surface area contributed by atoms with Crippen LogP contribution in [0, 0.1) is 13.8 Å². The smallest absolute Gasteiger partial charge is 0.150 e. The minimum Gasteiger partial charge on any atom is -0.487 e. The summed E-state index contributed by atoms with van der Waals surface area (Å²) in [6.07, 6.45) is 0. The van der Waals surface area contributed by atoms with Gasteiger partial charge in [-0.15, -0.1) is 5.10 Å². The lowest BCUT2D eigenvalue weighted by atomic mass is 10.1. The Bertz CT molecular complexity index is 512. The molecule has 0 atom stereocenters. The van der Waals surface area contributed by atoms with E-state index >= 15 is 0 Å². The highest BCUT2D eigenvalue weighted by molar-refractivity contribution is 7.10. The van der Waals surface area contributed by atoms with E-state index in [-0.39, 0.29) is 0 Å². The summed E-state index contributed by atoms with van der Waals surface area (Å²) >= 11 is 1.21. The Kier molecular flexibility index (Phi) is 3.55. The molecule has 2 aromatic rings. The minimum atomic E-state index is 0.361. The highest BCUT2D eigenvalue weighted by Crippen LogP contribution is 2.22. The number of nitrogen functional groups attached to an aromatic ring is 1. The zero-order valence-electron chi connectivity index (χ0n) is 9.73. The first-order valence-corrected chi connectivity index (χ1v) is 5.96. The lowest BCUT2D eigenvalue weighted by molar-refractivity contribution is 0.299. The van der Waals surface area contributed by atoms with Gasteiger partial charge in [0.1, 0.15) is 18.1 Å². The van der Waals surface area contributed by atoms with Gasteiger partial charge in [0.2, 0.25) is 0 Å². The number of anilines is 1. The van der Waals surface area contributed by atoms with E-state index < -0.39 is 0 Å². The molecule has 0 radical (unpaired) electrons. The zero-order chi connectivity index (χ0) is 12.3. The third-order valence-corrected chi connectivity index (χ3v) is 3.09. The fourth-order valence-electron chi connectivity index (χ4n) is 1.42. The Hall–Kier alpha value is -1.66. The third-order valence-electron chi connectivity index (χ3n) is 2.39. The summed E-state index contributed by atoms with van der Waals surface area (Å²) in [5, 5.41) is 4.69. The van der Waals surface area contributed by atoms with Crippen LogP contribution in [0.25, 0.3) is 0 Å². The highest BCUT2D eigenvalue weighted by atomic mass is 32.1. The second-order valence-electron chi connectivity index (χ2n) is 3.75. The zero-order valence-corrected chi connectivity index (χ0v) is 10.5. The van der Waals surface area contributed by atoms with Crippen LogP contribution in [0.5, 0.6) is 5.75 Å². The van der Waals surface area contributed by atoms with Gasteiger partial charge in [0, 0.05) is 11.5 Å². The van der Waals surface area contributed by atoms with Crippen LogP contribution in [0.1, 0.15) is 16.8 Å². The molecule has 0 aliphatic heterocycles. The molecule has 1 aromatic carbocycles. The SMILES string of the molecule is Cc1ccc(C)c(OCc2nnsc2NN)c1. The van der Waals surface area contributed by atoms with E-state index in [1.165, 1.54) is 17.1 Å². The first-order valence-electron chi connectivity index (χ1n) is 5.18. The second kappa shape index (κ2) is 5.11. The monoisotopic (exact) mass is 250 g/mol. The molecule has 6 heteroatoms. The molecule has 0 saturated carbocycles. The van der Waals surface area contributed by atoms with Crippen LogP contribution in [0.4, 0.5) is 5.00 Å². The van der Waals surface area contributed by atoms with Gasteiger partial charge in [-0.3, -0.25) is 0 Å². The molecule has 0 unspecified atom stereocenters. The molecule has 90 valence electrons. The van der Waals surface area contributed by atoms with Crippen molar-refractivity contribution in [3.63, 3.8) is 0 Å². The number of hydrogen-bond acceptors (Lipinski definition) is 6. The number of ether oxygens (including phenoxy) is 1. The van der Waals surface area contributed by atoms with Crippen molar-refractivity contribution in [2.24, 2.45) is 5.84 Å². The molecule has 0 aliphatic rings. The van der Waals surface area contributed by atoms with Crippen molar-refractivity contribution in [3.8, 4) is 5.75 Å². The van der Waals surface area contributed by atoms with Gasteiger partial charge in [-0.1, -0.05) is 16.6 Å². The lowest BCUT2D eigenvalue weighted by Gasteiger charge is -2.09. The topological polar surface area (TPSA) is 73.1 Å². The standard InChI is InChI=1S/C11H14N4OS/c1-7-3-4-8(2)10(5-7)16-6-9-11(13-12)17-15-14-9/h3-5,13H,6,12H2,1-2H3. The number of nitrogens with one attached hydrogen (secondary N) is 1. The molecule has 1 aromatic heterocycles. The predicted octanol–water partition coefficient (Wildman–Crippen LogP) is 2.02. The highest BCUT2D eigenvalue weighted by Gasteiger charge is 2.08. The molecule has 3 N–H and O–H groups in total. The predicted molar refractivity (Wildman–Crippen MR) is 68.0 cm³/mol. The molecule has 2 rings (SSSR count). The Labute approximate surface area is 104 Å². The number of hydrogen-bond donors (Lipinski definition) is 2. The van der Waals surface area contributed by atoms with Crippen LogP contribution >= 0.6 is 11.5 Å². The number of nitrogens with zero attached hydrogens (tertiary/aromatic N) is 2. The van der Waals surface area contributed by atoms with E-state index in [4.69, 9.17) is 10.6 Å². The number of rotatable bonds is 4. The van der Waals surface area contributed by atoms with E-state index in [9.17, 15) is 0 Å². The van der Waals surface area contributed by atoms with Gasteiger partial charge in [-0.05, 0) is 31.0 Å². The first-order chi connectivity index (χ1) is 8.20. The molecule has 0 spiro atoms. The van der Waals surface area contributed by atoms with E-state index in [2.05, 4.69) is 21.1 Å². The maximum Gasteiger partial charge on any atom is 0.150 e. The Morgan fingerprint density at radius 2 is 2.24 bits per heavy atom. The molecule has 5 nitrogen and oxygen atoms in total. The molecule has 0 fully saturated rings. The Balaban J connectivity index is 2.09. The fourth-order valence-corrected chi connectivity index (χ4v) is 1.90. The van der Waals surface area contributed by atoms with Gasteiger partial charge in [-0.2, -0.15) is 0 Å². The Morgan fingerprint density at radius 3 is 3.00 bits per heavy atom. The minimum absolute atomic E-state index is 0.361. The molecule has 0 bridgehead atoms. The summed E-state index contributed by atoms with van der Waals surface area (Å²) in [5.74, 6) is 6.20. The van der Waals surface area contributed by atoms with Crippen molar-refractivity contribution >= 4 is 16.5 Å². The molecular weight excluding hydrogens is 236 g/mol. The quantitative estimate of drug-likeness (QED) is 0.641. The van der Waals surface area contributed by atoms with Crippen molar-refractivity contribution in [1.29, 1.82) is 0 Å². The normalized spacial score (nSPS) is 10.3. The number of benzene rings is 1. The second-order valence-corrected chi connectivity index (χ2v) is 4.50. The van der Waals surface area contributed by atoms with Gasteiger partial charge in [-0.25, -0.2) is 5.84 Å². The van der Waals surface area contributed by atoms with Crippen LogP contribution in [-0.2, 0) is 6.61 Å². The number of hydrazine groups is 1. The largest absolute Gasteiger partial charge is 0.487 e.